The zero-order chi connectivity index (χ0) is 17.8. The highest BCUT2D eigenvalue weighted by atomic mass is 16.5. The van der Waals surface area contributed by atoms with Gasteiger partial charge in [0.05, 0.1) is 18.8 Å². The second kappa shape index (κ2) is 7.40. The number of ether oxygens (including phenoxy) is 1. The van der Waals surface area contributed by atoms with Crippen LogP contribution in [0.3, 0.4) is 0 Å². The third-order valence-electron chi connectivity index (χ3n) is 4.18. The van der Waals surface area contributed by atoms with Crippen LogP contribution in [0.5, 0.6) is 0 Å². The summed E-state index contributed by atoms with van der Waals surface area (Å²) in [6, 6.07) is 7.35. The van der Waals surface area contributed by atoms with E-state index in [1.165, 1.54) is 0 Å². The van der Waals surface area contributed by atoms with Gasteiger partial charge in [0.2, 0.25) is 5.91 Å². The average Bonchev–Trinajstić information content (AvgIpc) is 2.67. The van der Waals surface area contributed by atoms with Crippen LogP contribution >= 0.6 is 0 Å². The van der Waals surface area contributed by atoms with Gasteiger partial charge in [0.15, 0.2) is 0 Å². The van der Waals surface area contributed by atoms with Crippen LogP contribution in [-0.4, -0.2) is 53.4 Å². The summed E-state index contributed by atoms with van der Waals surface area (Å²) in [4.78, 5) is 33.5. The molecule has 1 N–H and O–H groups in total. The van der Waals surface area contributed by atoms with Crippen LogP contribution in [0.4, 0.5) is 0 Å². The molecular weight excluding hydrogens is 320 g/mol. The highest BCUT2D eigenvalue weighted by Gasteiger charge is 2.24. The fourth-order valence-corrected chi connectivity index (χ4v) is 2.71. The van der Waals surface area contributed by atoms with Gasteiger partial charge in [0, 0.05) is 44.0 Å². The van der Waals surface area contributed by atoms with E-state index in [4.69, 9.17) is 4.74 Å². The third kappa shape index (κ3) is 3.83. The molecule has 2 aromatic rings. The van der Waals surface area contributed by atoms with E-state index in [-0.39, 0.29) is 17.9 Å². The first-order valence-electron chi connectivity index (χ1n) is 8.10. The van der Waals surface area contributed by atoms with Crippen molar-refractivity contribution >= 4 is 11.8 Å². The Morgan fingerprint density at radius 3 is 2.44 bits per heavy atom. The van der Waals surface area contributed by atoms with Gasteiger partial charge in [0.1, 0.15) is 11.8 Å². The van der Waals surface area contributed by atoms with Crippen molar-refractivity contribution in [2.75, 3.05) is 26.7 Å². The van der Waals surface area contributed by atoms with E-state index < -0.39 is 0 Å². The first-order valence-corrected chi connectivity index (χ1v) is 8.10. The van der Waals surface area contributed by atoms with Gasteiger partial charge in [-0.15, -0.1) is 0 Å². The van der Waals surface area contributed by atoms with E-state index in [0.29, 0.717) is 25.4 Å². The van der Waals surface area contributed by atoms with Crippen molar-refractivity contribution in [1.29, 1.82) is 0 Å². The number of aromatic nitrogens is 2. The van der Waals surface area contributed by atoms with Crippen molar-refractivity contribution in [1.82, 2.24) is 20.2 Å². The van der Waals surface area contributed by atoms with Crippen molar-refractivity contribution in [3.8, 4) is 11.1 Å². The highest BCUT2D eigenvalue weighted by molar-refractivity contribution is 5.92. The van der Waals surface area contributed by atoms with Gasteiger partial charge < -0.3 is 15.0 Å². The molecule has 3 heterocycles. The number of rotatable bonds is 3. The Hall–Kier alpha value is -2.80. The van der Waals surface area contributed by atoms with Gasteiger partial charge >= 0.3 is 0 Å². The molecule has 3 rings (SSSR count). The summed E-state index contributed by atoms with van der Waals surface area (Å²) in [5, 5.41) is 2.54. The van der Waals surface area contributed by atoms with Crippen molar-refractivity contribution in [3.05, 3.63) is 48.0 Å². The molecule has 2 aromatic heterocycles. The average molecular weight is 340 g/mol. The summed E-state index contributed by atoms with van der Waals surface area (Å²) in [5.41, 5.74) is 2.95. The van der Waals surface area contributed by atoms with Crippen molar-refractivity contribution in [3.63, 3.8) is 0 Å². The maximum absolute atomic E-state index is 11.5. The number of hydrogen-bond donors (Lipinski definition) is 1. The highest BCUT2D eigenvalue weighted by Crippen LogP contribution is 2.23. The molecule has 0 spiro atoms. The molecule has 130 valence electrons. The zero-order valence-electron chi connectivity index (χ0n) is 14.2. The first-order chi connectivity index (χ1) is 12.1. The quantitative estimate of drug-likeness (QED) is 0.913. The molecule has 1 atom stereocenters. The standard InChI is InChI=1S/C18H20N4O3/c1-12(23)22-7-8-25-17(11-22)15-5-3-13(9-20-15)14-4-6-16(21-10-14)18(24)19-2/h3-6,9-10,17H,7-8,11H2,1-2H3,(H,19,24)/t17-/m1/s1. The summed E-state index contributed by atoms with van der Waals surface area (Å²) in [6.07, 6.45) is 3.19. The van der Waals surface area contributed by atoms with Crippen LogP contribution in [0.2, 0.25) is 0 Å². The van der Waals surface area contributed by atoms with Crippen LogP contribution in [0.1, 0.15) is 29.2 Å². The van der Waals surface area contributed by atoms with Gasteiger partial charge in [-0.05, 0) is 12.1 Å². The number of nitrogens with zero attached hydrogens (tertiary/aromatic N) is 3. The lowest BCUT2D eigenvalue weighted by atomic mass is 10.1. The van der Waals surface area contributed by atoms with Crippen LogP contribution in [0.25, 0.3) is 11.1 Å². The second-order valence-corrected chi connectivity index (χ2v) is 5.81. The third-order valence-corrected chi connectivity index (χ3v) is 4.18. The number of amides is 2. The van der Waals surface area contributed by atoms with Gasteiger partial charge in [-0.25, -0.2) is 0 Å². The summed E-state index contributed by atoms with van der Waals surface area (Å²) in [7, 11) is 1.57. The lowest BCUT2D eigenvalue weighted by Crippen LogP contribution is -2.41. The minimum Gasteiger partial charge on any atom is -0.368 e. The Morgan fingerprint density at radius 2 is 1.88 bits per heavy atom. The topological polar surface area (TPSA) is 84.4 Å². The second-order valence-electron chi connectivity index (χ2n) is 5.81. The lowest BCUT2D eigenvalue weighted by Gasteiger charge is -2.31. The van der Waals surface area contributed by atoms with E-state index in [1.54, 1.807) is 37.3 Å². The number of hydrogen-bond acceptors (Lipinski definition) is 5. The van der Waals surface area contributed by atoms with Gasteiger partial charge in [-0.3, -0.25) is 19.6 Å². The molecule has 1 saturated heterocycles. The molecule has 0 aromatic carbocycles. The summed E-state index contributed by atoms with van der Waals surface area (Å²) in [5.74, 6) is -0.170. The predicted molar refractivity (Wildman–Crippen MR) is 91.8 cm³/mol. The van der Waals surface area contributed by atoms with E-state index in [0.717, 1.165) is 16.8 Å². The van der Waals surface area contributed by atoms with E-state index in [2.05, 4.69) is 15.3 Å². The Balaban J connectivity index is 1.74. The molecule has 0 radical (unpaired) electrons. The molecule has 1 aliphatic heterocycles. The van der Waals surface area contributed by atoms with E-state index in [9.17, 15) is 9.59 Å². The number of pyridine rings is 2. The SMILES string of the molecule is CNC(=O)c1ccc(-c2ccc([C@H]3CN(C(C)=O)CCO3)nc2)cn1. The molecule has 25 heavy (non-hydrogen) atoms. The Labute approximate surface area is 146 Å². The van der Waals surface area contributed by atoms with Crippen LogP contribution in [0.15, 0.2) is 36.7 Å². The van der Waals surface area contributed by atoms with Crippen molar-refractivity contribution in [2.45, 2.75) is 13.0 Å². The maximum atomic E-state index is 11.5. The molecular formula is C18H20N4O3. The summed E-state index contributed by atoms with van der Waals surface area (Å²) in [6.45, 7) is 3.21. The Morgan fingerprint density at radius 1 is 1.16 bits per heavy atom. The molecule has 2 amide bonds. The molecule has 1 aliphatic rings. The molecule has 1 fully saturated rings. The molecule has 0 unspecified atom stereocenters. The van der Waals surface area contributed by atoms with E-state index in [1.807, 2.05) is 18.2 Å². The summed E-state index contributed by atoms with van der Waals surface area (Å²) >= 11 is 0. The Kier molecular flexibility index (Phi) is 5.04. The summed E-state index contributed by atoms with van der Waals surface area (Å²) < 4.78 is 5.73. The van der Waals surface area contributed by atoms with E-state index >= 15 is 0 Å². The number of carbonyl (C=O) groups is 2. The lowest BCUT2D eigenvalue weighted by molar-refractivity contribution is -0.136. The Bertz CT molecular complexity index is 759. The first kappa shape index (κ1) is 17.0. The van der Waals surface area contributed by atoms with Gasteiger partial charge in [0.25, 0.3) is 5.91 Å². The minimum absolute atomic E-state index is 0.0483. The van der Waals surface area contributed by atoms with Crippen LogP contribution in [-0.2, 0) is 9.53 Å². The monoisotopic (exact) mass is 340 g/mol. The fourth-order valence-electron chi connectivity index (χ4n) is 2.71. The molecule has 0 saturated carbocycles. The van der Waals surface area contributed by atoms with Gasteiger partial charge in [-0.1, -0.05) is 12.1 Å². The molecule has 7 nitrogen and oxygen atoms in total. The minimum atomic E-state index is -0.218. The largest absolute Gasteiger partial charge is 0.368 e. The van der Waals surface area contributed by atoms with Crippen LogP contribution < -0.4 is 5.32 Å². The maximum Gasteiger partial charge on any atom is 0.269 e. The van der Waals surface area contributed by atoms with Crippen molar-refractivity contribution < 1.29 is 14.3 Å². The zero-order valence-corrected chi connectivity index (χ0v) is 14.2. The smallest absolute Gasteiger partial charge is 0.269 e. The normalized spacial score (nSPS) is 17.2. The van der Waals surface area contributed by atoms with Crippen molar-refractivity contribution in [2.24, 2.45) is 0 Å². The molecule has 0 aliphatic carbocycles. The molecule has 0 bridgehead atoms. The number of morpholine rings is 1. The predicted octanol–water partition coefficient (Wildman–Crippen LogP) is 1.42. The number of nitrogens with one attached hydrogen (secondary N) is 1. The number of carbonyl (C=O) groups excluding carboxylic acids is 2. The molecule has 7 heteroatoms. The van der Waals surface area contributed by atoms with Gasteiger partial charge in [-0.2, -0.15) is 0 Å². The van der Waals surface area contributed by atoms with Crippen LogP contribution in [0, 0.1) is 0 Å². The fraction of sp³-hybridized carbons (Fsp3) is 0.333.